The summed E-state index contributed by atoms with van der Waals surface area (Å²) in [6.45, 7) is 4.00. The summed E-state index contributed by atoms with van der Waals surface area (Å²) >= 11 is 1.69. The van der Waals surface area contributed by atoms with Gasteiger partial charge in [-0.3, -0.25) is 9.59 Å². The van der Waals surface area contributed by atoms with Crippen LogP contribution in [-0.4, -0.2) is 22.4 Å². The number of hydrogen-bond donors (Lipinski definition) is 2. The number of benzene rings is 1. The van der Waals surface area contributed by atoms with Gasteiger partial charge in [0.05, 0.1) is 5.56 Å². The van der Waals surface area contributed by atoms with Gasteiger partial charge >= 0.3 is 0 Å². The number of amides is 2. The third-order valence-corrected chi connectivity index (χ3v) is 8.97. The molecule has 1 saturated carbocycles. The highest BCUT2D eigenvalue weighted by molar-refractivity contribution is 7.15. The number of aromatic nitrogens is 1. The number of nitriles is 1. The van der Waals surface area contributed by atoms with Gasteiger partial charge in [0, 0.05) is 28.0 Å². The minimum atomic E-state index is -0.307. The van der Waals surface area contributed by atoms with Crippen molar-refractivity contribution in [2.75, 3.05) is 5.32 Å². The highest BCUT2D eigenvalue weighted by Crippen LogP contribution is 2.39. The van der Waals surface area contributed by atoms with E-state index in [4.69, 9.17) is 0 Å². The van der Waals surface area contributed by atoms with Crippen LogP contribution in [0.25, 0.3) is 11.1 Å². The standard InChI is InChI=1S/C31H34N4O2S/c1-20-17-22(18-23(19-32)29(36)33-24-11-5-3-6-12-24)21(2)35(20)31-28(26-15-9-10-16-27(26)38-31)30(37)34-25-13-7-4-8-14-25/h4,7-8,13-14,17-18,24H,3,5-6,9-12,15-16H2,1-2H3,(H,33,36)(H,34,37)/b23-18-. The summed E-state index contributed by atoms with van der Waals surface area (Å²) in [5.74, 6) is -0.404. The van der Waals surface area contributed by atoms with Gasteiger partial charge in [-0.15, -0.1) is 11.3 Å². The van der Waals surface area contributed by atoms with Crippen LogP contribution in [0.3, 0.4) is 0 Å². The summed E-state index contributed by atoms with van der Waals surface area (Å²) in [7, 11) is 0. The van der Waals surface area contributed by atoms with Crippen LogP contribution in [0, 0.1) is 25.2 Å². The largest absolute Gasteiger partial charge is 0.349 e. The Labute approximate surface area is 228 Å². The van der Waals surface area contributed by atoms with E-state index in [-0.39, 0.29) is 23.4 Å². The van der Waals surface area contributed by atoms with Crippen LogP contribution in [0.4, 0.5) is 5.69 Å². The molecule has 0 saturated heterocycles. The molecular formula is C31H34N4O2S. The van der Waals surface area contributed by atoms with E-state index in [2.05, 4.69) is 21.3 Å². The average Bonchev–Trinajstić information content (AvgIpc) is 3.44. The van der Waals surface area contributed by atoms with Crippen molar-refractivity contribution in [1.29, 1.82) is 5.26 Å². The lowest BCUT2D eigenvalue weighted by Crippen LogP contribution is -2.36. The fourth-order valence-corrected chi connectivity index (χ4v) is 7.22. The normalized spacial score (nSPS) is 16.0. The molecule has 7 heteroatoms. The predicted octanol–water partition coefficient (Wildman–Crippen LogP) is 6.64. The summed E-state index contributed by atoms with van der Waals surface area (Å²) in [6, 6.07) is 13.8. The molecule has 0 atom stereocenters. The summed E-state index contributed by atoms with van der Waals surface area (Å²) in [6.07, 6.45) is 11.1. The minimum absolute atomic E-state index is 0.0974. The molecule has 2 N–H and O–H groups in total. The molecule has 0 bridgehead atoms. The van der Waals surface area contributed by atoms with Gasteiger partial charge in [-0.05, 0) is 87.8 Å². The Bertz CT molecular complexity index is 1420. The van der Waals surface area contributed by atoms with E-state index in [1.54, 1.807) is 17.4 Å². The highest BCUT2D eigenvalue weighted by Gasteiger charge is 2.28. The van der Waals surface area contributed by atoms with Crippen molar-refractivity contribution in [3.8, 4) is 11.1 Å². The quantitative estimate of drug-likeness (QED) is 0.279. The maximum Gasteiger partial charge on any atom is 0.262 e. The molecule has 3 aromatic rings. The van der Waals surface area contributed by atoms with Crippen molar-refractivity contribution >= 4 is 34.9 Å². The molecular weight excluding hydrogens is 492 g/mol. The smallest absolute Gasteiger partial charge is 0.262 e. The van der Waals surface area contributed by atoms with Crippen LogP contribution in [0.1, 0.15) is 82.7 Å². The first kappa shape index (κ1) is 26.0. The summed E-state index contributed by atoms with van der Waals surface area (Å²) in [5.41, 5.74) is 5.47. The molecule has 2 heterocycles. The van der Waals surface area contributed by atoms with Crippen LogP contribution in [0.5, 0.6) is 0 Å². The van der Waals surface area contributed by atoms with Gasteiger partial charge in [0.1, 0.15) is 16.6 Å². The maximum absolute atomic E-state index is 13.6. The molecule has 0 unspecified atom stereocenters. The molecule has 2 aromatic heterocycles. The van der Waals surface area contributed by atoms with E-state index in [1.165, 1.54) is 11.3 Å². The topological polar surface area (TPSA) is 86.9 Å². The van der Waals surface area contributed by atoms with Crippen LogP contribution in [0.15, 0.2) is 42.0 Å². The second kappa shape index (κ2) is 11.4. The second-order valence-corrected chi connectivity index (χ2v) is 11.4. The lowest BCUT2D eigenvalue weighted by molar-refractivity contribution is -0.117. The molecule has 6 nitrogen and oxygen atoms in total. The molecule has 2 aliphatic carbocycles. The van der Waals surface area contributed by atoms with E-state index >= 15 is 0 Å². The molecule has 0 aliphatic heterocycles. The van der Waals surface area contributed by atoms with E-state index in [1.807, 2.05) is 50.2 Å². The number of nitrogens with one attached hydrogen (secondary N) is 2. The van der Waals surface area contributed by atoms with Crippen molar-refractivity contribution in [1.82, 2.24) is 9.88 Å². The number of para-hydroxylation sites is 1. The lowest BCUT2D eigenvalue weighted by atomic mass is 9.95. The SMILES string of the molecule is Cc1cc(/C=C(/C#N)C(=O)NC2CCCCC2)c(C)n1-c1sc2c(c1C(=O)Nc1ccccc1)CCCC2. The van der Waals surface area contributed by atoms with Crippen LogP contribution >= 0.6 is 11.3 Å². The zero-order valence-electron chi connectivity index (χ0n) is 22.1. The van der Waals surface area contributed by atoms with Crippen LogP contribution < -0.4 is 10.6 Å². The first-order valence-corrected chi connectivity index (χ1v) is 14.4. The number of hydrogen-bond acceptors (Lipinski definition) is 4. The van der Waals surface area contributed by atoms with Gasteiger partial charge in [0.15, 0.2) is 0 Å². The number of thiophene rings is 1. The number of carbonyl (C=O) groups excluding carboxylic acids is 2. The number of fused-ring (bicyclic) bond motifs is 1. The molecule has 0 radical (unpaired) electrons. The fraction of sp³-hybridized carbons (Fsp3) is 0.387. The van der Waals surface area contributed by atoms with Crippen molar-refractivity contribution < 1.29 is 9.59 Å². The Morgan fingerprint density at radius 3 is 2.53 bits per heavy atom. The van der Waals surface area contributed by atoms with Gasteiger partial charge in [-0.2, -0.15) is 5.26 Å². The summed E-state index contributed by atoms with van der Waals surface area (Å²) in [5, 5.41) is 16.9. The zero-order chi connectivity index (χ0) is 26.6. The Morgan fingerprint density at radius 1 is 1.05 bits per heavy atom. The highest BCUT2D eigenvalue weighted by atomic mass is 32.1. The molecule has 2 amide bonds. The molecule has 196 valence electrons. The second-order valence-electron chi connectivity index (χ2n) is 10.4. The van der Waals surface area contributed by atoms with Gasteiger partial charge in [0.2, 0.25) is 0 Å². The first-order valence-electron chi connectivity index (χ1n) is 13.6. The number of anilines is 1. The van der Waals surface area contributed by atoms with E-state index < -0.39 is 0 Å². The summed E-state index contributed by atoms with van der Waals surface area (Å²) < 4.78 is 2.11. The fourth-order valence-electron chi connectivity index (χ4n) is 5.72. The zero-order valence-corrected chi connectivity index (χ0v) is 22.9. The van der Waals surface area contributed by atoms with E-state index in [0.717, 1.165) is 90.1 Å². The van der Waals surface area contributed by atoms with Crippen LogP contribution in [-0.2, 0) is 17.6 Å². The molecule has 2 aliphatic rings. The van der Waals surface area contributed by atoms with Crippen molar-refractivity contribution in [2.45, 2.75) is 77.7 Å². The molecule has 1 fully saturated rings. The number of aryl methyl sites for hydroxylation is 2. The van der Waals surface area contributed by atoms with Crippen molar-refractivity contribution in [2.24, 2.45) is 0 Å². The lowest BCUT2D eigenvalue weighted by Gasteiger charge is -2.22. The number of carbonyl (C=O) groups is 2. The van der Waals surface area contributed by atoms with Gasteiger partial charge in [-0.1, -0.05) is 37.5 Å². The molecule has 5 rings (SSSR count). The molecule has 1 aromatic carbocycles. The number of nitrogens with zero attached hydrogens (tertiary/aromatic N) is 2. The van der Waals surface area contributed by atoms with Gasteiger partial charge in [0.25, 0.3) is 11.8 Å². The van der Waals surface area contributed by atoms with Crippen molar-refractivity contribution in [3.63, 3.8) is 0 Å². The average molecular weight is 527 g/mol. The van der Waals surface area contributed by atoms with Gasteiger partial charge < -0.3 is 15.2 Å². The monoisotopic (exact) mass is 526 g/mol. The Morgan fingerprint density at radius 2 is 1.79 bits per heavy atom. The third kappa shape index (κ3) is 5.32. The minimum Gasteiger partial charge on any atom is -0.349 e. The first-order chi connectivity index (χ1) is 18.5. The summed E-state index contributed by atoms with van der Waals surface area (Å²) in [4.78, 5) is 27.8. The Kier molecular flexibility index (Phi) is 7.80. The van der Waals surface area contributed by atoms with Crippen molar-refractivity contribution in [3.05, 3.63) is 74.9 Å². The van der Waals surface area contributed by atoms with E-state index in [9.17, 15) is 14.9 Å². The van der Waals surface area contributed by atoms with Gasteiger partial charge in [-0.25, -0.2) is 0 Å². The van der Waals surface area contributed by atoms with E-state index in [0.29, 0.717) is 0 Å². The molecule has 0 spiro atoms. The molecule has 38 heavy (non-hydrogen) atoms. The Balaban J connectivity index is 1.50. The predicted molar refractivity (Wildman–Crippen MR) is 153 cm³/mol. The third-order valence-electron chi connectivity index (χ3n) is 7.69. The van der Waals surface area contributed by atoms with Crippen LogP contribution in [0.2, 0.25) is 0 Å². The maximum atomic E-state index is 13.6. The number of rotatable bonds is 6. The Hall–Kier alpha value is -3.63.